The van der Waals surface area contributed by atoms with Crippen molar-refractivity contribution in [3.05, 3.63) is 0 Å². The van der Waals surface area contributed by atoms with Crippen molar-refractivity contribution in [3.63, 3.8) is 0 Å². The summed E-state index contributed by atoms with van der Waals surface area (Å²) in [5, 5.41) is 3.64. The molecule has 0 aliphatic heterocycles. The zero-order valence-corrected chi connectivity index (χ0v) is 10.3. The second-order valence-corrected chi connectivity index (χ2v) is 5.42. The molecule has 3 unspecified atom stereocenters. The average Bonchev–Trinajstić information content (AvgIpc) is 2.12. The molecule has 1 heteroatoms. The lowest BCUT2D eigenvalue weighted by atomic mass is 9.74. The van der Waals surface area contributed by atoms with Crippen LogP contribution in [-0.2, 0) is 0 Å². The summed E-state index contributed by atoms with van der Waals surface area (Å²) in [6.45, 7) is 10.6. The quantitative estimate of drug-likeness (QED) is 0.728. The van der Waals surface area contributed by atoms with Crippen LogP contribution in [0.2, 0.25) is 0 Å². The fourth-order valence-electron chi connectivity index (χ4n) is 2.96. The van der Waals surface area contributed by atoms with Gasteiger partial charge in [0.25, 0.3) is 0 Å². The molecular weight excluding hydrogens is 170 g/mol. The van der Waals surface area contributed by atoms with Gasteiger partial charge in [-0.25, -0.2) is 0 Å². The van der Waals surface area contributed by atoms with Gasteiger partial charge in [0.15, 0.2) is 0 Å². The van der Waals surface area contributed by atoms with Gasteiger partial charge in [0.1, 0.15) is 0 Å². The van der Waals surface area contributed by atoms with Crippen molar-refractivity contribution in [1.29, 1.82) is 0 Å². The molecule has 14 heavy (non-hydrogen) atoms. The maximum Gasteiger partial charge on any atom is 0.00671 e. The molecule has 84 valence electrons. The molecule has 0 saturated heterocycles. The van der Waals surface area contributed by atoms with Crippen LogP contribution < -0.4 is 5.32 Å². The lowest BCUT2D eigenvalue weighted by Crippen LogP contribution is -2.37. The van der Waals surface area contributed by atoms with Crippen LogP contribution in [0, 0.1) is 17.8 Å². The number of rotatable bonds is 4. The molecule has 1 aliphatic rings. The molecule has 3 atom stereocenters. The van der Waals surface area contributed by atoms with Crippen molar-refractivity contribution in [2.75, 3.05) is 6.54 Å². The fourth-order valence-corrected chi connectivity index (χ4v) is 2.96. The lowest BCUT2D eigenvalue weighted by molar-refractivity contribution is 0.183. The highest BCUT2D eigenvalue weighted by molar-refractivity contribution is 4.81. The molecule has 0 amide bonds. The van der Waals surface area contributed by atoms with E-state index < -0.39 is 0 Å². The highest BCUT2D eigenvalue weighted by Gasteiger charge is 2.27. The fraction of sp³-hybridized carbons (Fsp3) is 1.00. The van der Waals surface area contributed by atoms with E-state index in [2.05, 4.69) is 33.0 Å². The van der Waals surface area contributed by atoms with Crippen LogP contribution in [0.4, 0.5) is 0 Å². The van der Waals surface area contributed by atoms with Crippen LogP contribution in [0.25, 0.3) is 0 Å². The largest absolute Gasteiger partial charge is 0.314 e. The maximum absolute atomic E-state index is 3.64. The Morgan fingerprint density at radius 1 is 1.14 bits per heavy atom. The second kappa shape index (κ2) is 5.75. The Labute approximate surface area is 89.7 Å². The Kier molecular flexibility index (Phi) is 4.94. The Bertz CT molecular complexity index is 145. The monoisotopic (exact) mass is 197 g/mol. The van der Waals surface area contributed by atoms with Gasteiger partial charge in [-0.3, -0.25) is 0 Å². The molecular formula is C13H27N. The summed E-state index contributed by atoms with van der Waals surface area (Å²) in [6, 6.07) is 0.722. The van der Waals surface area contributed by atoms with Crippen LogP contribution >= 0.6 is 0 Å². The number of nitrogens with one attached hydrogen (secondary N) is 1. The van der Waals surface area contributed by atoms with Gasteiger partial charge in [0.2, 0.25) is 0 Å². The van der Waals surface area contributed by atoms with E-state index >= 15 is 0 Å². The van der Waals surface area contributed by atoms with Crippen molar-refractivity contribution in [2.45, 2.75) is 59.4 Å². The lowest BCUT2D eigenvalue weighted by Gasteiger charge is -2.35. The van der Waals surface area contributed by atoms with Crippen LogP contribution in [0.3, 0.4) is 0 Å². The first-order valence-corrected chi connectivity index (χ1v) is 6.36. The summed E-state index contributed by atoms with van der Waals surface area (Å²) in [4.78, 5) is 0. The van der Waals surface area contributed by atoms with Crippen LogP contribution in [-0.4, -0.2) is 12.6 Å². The van der Waals surface area contributed by atoms with Gasteiger partial charge in [-0.15, -0.1) is 0 Å². The third-order valence-electron chi connectivity index (χ3n) is 3.64. The summed E-state index contributed by atoms with van der Waals surface area (Å²) < 4.78 is 0. The minimum atomic E-state index is 0.722. The molecule has 1 fully saturated rings. The first-order chi connectivity index (χ1) is 6.63. The standard InChI is InChI=1S/C13H27N/c1-5-6-14-12(4)13-8-10(2)7-11(3)9-13/h10-14H,5-9H2,1-4H3. The third-order valence-corrected chi connectivity index (χ3v) is 3.64. The molecule has 0 heterocycles. The third kappa shape index (κ3) is 3.61. The van der Waals surface area contributed by atoms with Gasteiger partial charge in [-0.05, 0) is 56.9 Å². The first kappa shape index (κ1) is 12.0. The Morgan fingerprint density at radius 2 is 1.71 bits per heavy atom. The zero-order valence-electron chi connectivity index (χ0n) is 10.3. The molecule has 0 aromatic rings. The summed E-state index contributed by atoms with van der Waals surface area (Å²) in [7, 11) is 0. The first-order valence-electron chi connectivity index (χ1n) is 6.36. The van der Waals surface area contributed by atoms with Gasteiger partial charge in [0, 0.05) is 6.04 Å². The van der Waals surface area contributed by atoms with Crippen molar-refractivity contribution in [1.82, 2.24) is 5.32 Å². The summed E-state index contributed by atoms with van der Waals surface area (Å²) in [5.74, 6) is 2.80. The van der Waals surface area contributed by atoms with E-state index in [9.17, 15) is 0 Å². The van der Waals surface area contributed by atoms with Gasteiger partial charge in [-0.2, -0.15) is 0 Å². The van der Waals surface area contributed by atoms with E-state index in [1.807, 2.05) is 0 Å². The summed E-state index contributed by atoms with van der Waals surface area (Å²) in [6.07, 6.45) is 5.56. The van der Waals surface area contributed by atoms with E-state index in [1.54, 1.807) is 0 Å². The van der Waals surface area contributed by atoms with Crippen LogP contribution in [0.15, 0.2) is 0 Å². The molecule has 1 nitrogen and oxygen atoms in total. The number of hydrogen-bond acceptors (Lipinski definition) is 1. The van der Waals surface area contributed by atoms with Crippen LogP contribution in [0.5, 0.6) is 0 Å². The molecule has 0 aromatic carbocycles. The van der Waals surface area contributed by atoms with Crippen molar-refractivity contribution in [2.24, 2.45) is 17.8 Å². The predicted molar refractivity (Wildman–Crippen MR) is 63.4 cm³/mol. The molecule has 0 spiro atoms. The van der Waals surface area contributed by atoms with E-state index in [4.69, 9.17) is 0 Å². The average molecular weight is 197 g/mol. The van der Waals surface area contributed by atoms with Gasteiger partial charge in [0.05, 0.1) is 0 Å². The van der Waals surface area contributed by atoms with Gasteiger partial charge in [-0.1, -0.05) is 20.8 Å². The van der Waals surface area contributed by atoms with E-state index in [-0.39, 0.29) is 0 Å². The van der Waals surface area contributed by atoms with Crippen molar-refractivity contribution < 1.29 is 0 Å². The Hall–Kier alpha value is -0.0400. The highest BCUT2D eigenvalue weighted by atomic mass is 14.9. The maximum atomic E-state index is 3.64. The molecule has 1 rings (SSSR count). The van der Waals surface area contributed by atoms with Gasteiger partial charge >= 0.3 is 0 Å². The Morgan fingerprint density at radius 3 is 2.21 bits per heavy atom. The minimum Gasteiger partial charge on any atom is -0.314 e. The molecule has 1 aliphatic carbocycles. The van der Waals surface area contributed by atoms with E-state index in [1.165, 1.54) is 32.2 Å². The Balaban J connectivity index is 2.34. The van der Waals surface area contributed by atoms with Crippen molar-refractivity contribution in [3.8, 4) is 0 Å². The smallest absolute Gasteiger partial charge is 0.00671 e. The minimum absolute atomic E-state index is 0.722. The topological polar surface area (TPSA) is 12.0 Å². The molecule has 1 saturated carbocycles. The summed E-state index contributed by atoms with van der Waals surface area (Å²) in [5.41, 5.74) is 0. The zero-order chi connectivity index (χ0) is 10.6. The normalized spacial score (nSPS) is 35.6. The SMILES string of the molecule is CCCNC(C)C1CC(C)CC(C)C1. The van der Waals surface area contributed by atoms with Gasteiger partial charge < -0.3 is 5.32 Å². The van der Waals surface area contributed by atoms with Crippen molar-refractivity contribution >= 4 is 0 Å². The molecule has 0 aromatic heterocycles. The molecule has 1 N–H and O–H groups in total. The second-order valence-electron chi connectivity index (χ2n) is 5.42. The predicted octanol–water partition coefficient (Wildman–Crippen LogP) is 3.45. The highest BCUT2D eigenvalue weighted by Crippen LogP contribution is 2.34. The molecule has 0 radical (unpaired) electrons. The molecule has 0 bridgehead atoms. The van der Waals surface area contributed by atoms with E-state index in [0.29, 0.717) is 0 Å². The summed E-state index contributed by atoms with van der Waals surface area (Å²) >= 11 is 0. The number of hydrogen-bond donors (Lipinski definition) is 1. The van der Waals surface area contributed by atoms with E-state index in [0.717, 1.165) is 23.8 Å². The van der Waals surface area contributed by atoms with Crippen LogP contribution in [0.1, 0.15) is 53.4 Å².